The van der Waals surface area contributed by atoms with E-state index in [1.54, 1.807) is 14.0 Å². The SMILES string of the molecule is CCOc1ccc(C2=NN3C(C2)c2cccc(OC)c2OC32CCN(C(C)=O)CC2)cc1. The summed E-state index contributed by atoms with van der Waals surface area (Å²) in [4.78, 5) is 13.8. The van der Waals surface area contributed by atoms with Crippen LogP contribution in [0.5, 0.6) is 17.2 Å². The van der Waals surface area contributed by atoms with Crippen LogP contribution in [0.1, 0.15) is 50.3 Å². The van der Waals surface area contributed by atoms with Gasteiger partial charge in [0.15, 0.2) is 11.5 Å². The molecule has 0 saturated carbocycles. The second kappa shape index (κ2) is 8.04. The Balaban J connectivity index is 1.52. The van der Waals surface area contributed by atoms with Crippen LogP contribution in [0.2, 0.25) is 0 Å². The molecule has 1 atom stereocenters. The average Bonchev–Trinajstić information content (AvgIpc) is 3.27. The van der Waals surface area contributed by atoms with Gasteiger partial charge in [-0.05, 0) is 42.8 Å². The lowest BCUT2D eigenvalue weighted by atomic mass is 9.90. The number of carbonyl (C=O) groups excluding carboxylic acids is 1. The molecule has 1 saturated heterocycles. The van der Waals surface area contributed by atoms with Gasteiger partial charge in [-0.2, -0.15) is 5.10 Å². The summed E-state index contributed by atoms with van der Waals surface area (Å²) in [7, 11) is 1.67. The zero-order chi connectivity index (χ0) is 22.3. The molecular weight excluding hydrogens is 406 g/mol. The minimum absolute atomic E-state index is 0.0688. The first-order valence-corrected chi connectivity index (χ1v) is 11.3. The Hall–Kier alpha value is -3.22. The lowest BCUT2D eigenvalue weighted by Gasteiger charge is -2.51. The van der Waals surface area contributed by atoms with Gasteiger partial charge >= 0.3 is 0 Å². The third-order valence-electron chi connectivity index (χ3n) is 6.70. The number of para-hydroxylation sites is 1. The second-order valence-electron chi connectivity index (χ2n) is 8.50. The molecule has 0 aromatic heterocycles. The number of nitrogens with zero attached hydrogens (tertiary/aromatic N) is 3. The summed E-state index contributed by atoms with van der Waals surface area (Å²) in [6, 6.07) is 14.2. The molecule has 3 aliphatic rings. The van der Waals surface area contributed by atoms with Crippen molar-refractivity contribution in [1.82, 2.24) is 9.91 Å². The molecule has 0 radical (unpaired) electrons. The molecule has 2 aromatic rings. The molecule has 0 aliphatic carbocycles. The van der Waals surface area contributed by atoms with Crippen LogP contribution in [0, 0.1) is 0 Å². The van der Waals surface area contributed by atoms with Gasteiger partial charge in [0.1, 0.15) is 5.75 Å². The molecule has 1 fully saturated rings. The molecule has 7 heteroatoms. The van der Waals surface area contributed by atoms with Gasteiger partial charge < -0.3 is 19.1 Å². The van der Waals surface area contributed by atoms with Crippen LogP contribution >= 0.6 is 0 Å². The van der Waals surface area contributed by atoms with E-state index in [-0.39, 0.29) is 11.9 Å². The molecule has 3 aliphatic heterocycles. The van der Waals surface area contributed by atoms with Crippen molar-refractivity contribution in [1.29, 1.82) is 0 Å². The summed E-state index contributed by atoms with van der Waals surface area (Å²) in [6.45, 7) is 5.55. The summed E-state index contributed by atoms with van der Waals surface area (Å²) < 4.78 is 17.9. The van der Waals surface area contributed by atoms with Crippen LogP contribution in [0.25, 0.3) is 0 Å². The molecule has 32 heavy (non-hydrogen) atoms. The van der Waals surface area contributed by atoms with Gasteiger partial charge in [-0.1, -0.05) is 12.1 Å². The maximum atomic E-state index is 11.9. The van der Waals surface area contributed by atoms with E-state index in [2.05, 4.69) is 23.2 Å². The minimum atomic E-state index is -0.592. The Bertz CT molecular complexity index is 1040. The Morgan fingerprint density at radius 1 is 1.19 bits per heavy atom. The van der Waals surface area contributed by atoms with Gasteiger partial charge in [-0.3, -0.25) is 4.79 Å². The minimum Gasteiger partial charge on any atom is -0.494 e. The molecular formula is C25H29N3O4. The zero-order valence-corrected chi connectivity index (χ0v) is 18.8. The topological polar surface area (TPSA) is 63.6 Å². The van der Waals surface area contributed by atoms with Crippen molar-refractivity contribution >= 4 is 11.6 Å². The van der Waals surface area contributed by atoms with E-state index in [1.165, 1.54) is 0 Å². The fourth-order valence-electron chi connectivity index (χ4n) is 5.02. The van der Waals surface area contributed by atoms with E-state index < -0.39 is 5.72 Å². The first kappa shape index (κ1) is 20.7. The Kier molecular flexibility index (Phi) is 5.19. The second-order valence-corrected chi connectivity index (χ2v) is 8.50. The maximum Gasteiger partial charge on any atom is 0.219 e. The summed E-state index contributed by atoms with van der Waals surface area (Å²) in [5, 5.41) is 7.25. The highest BCUT2D eigenvalue weighted by Crippen LogP contribution is 2.52. The largest absolute Gasteiger partial charge is 0.494 e. The summed E-state index contributed by atoms with van der Waals surface area (Å²) in [5.41, 5.74) is 2.62. The van der Waals surface area contributed by atoms with Gasteiger partial charge in [-0.25, -0.2) is 5.01 Å². The van der Waals surface area contributed by atoms with Gasteiger partial charge in [0.2, 0.25) is 11.6 Å². The summed E-state index contributed by atoms with van der Waals surface area (Å²) in [5.74, 6) is 2.50. The number of piperidine rings is 1. The molecule has 0 N–H and O–H groups in total. The third kappa shape index (κ3) is 3.36. The predicted octanol–water partition coefficient (Wildman–Crippen LogP) is 3.98. The predicted molar refractivity (Wildman–Crippen MR) is 121 cm³/mol. The smallest absolute Gasteiger partial charge is 0.219 e. The molecule has 168 valence electrons. The van der Waals surface area contributed by atoms with Crippen molar-refractivity contribution in [3.05, 3.63) is 53.6 Å². The Morgan fingerprint density at radius 2 is 1.94 bits per heavy atom. The van der Waals surface area contributed by atoms with Gasteiger partial charge in [0, 0.05) is 44.8 Å². The van der Waals surface area contributed by atoms with Crippen molar-refractivity contribution in [3.8, 4) is 17.2 Å². The van der Waals surface area contributed by atoms with E-state index in [0.717, 1.165) is 40.5 Å². The number of benzene rings is 2. The highest BCUT2D eigenvalue weighted by Gasteiger charge is 2.52. The maximum absolute atomic E-state index is 11.9. The highest BCUT2D eigenvalue weighted by molar-refractivity contribution is 6.02. The highest BCUT2D eigenvalue weighted by atomic mass is 16.5. The number of hydrogen-bond donors (Lipinski definition) is 0. The molecule has 3 heterocycles. The molecule has 1 unspecified atom stereocenters. The van der Waals surface area contributed by atoms with Crippen LogP contribution in [0.3, 0.4) is 0 Å². The standard InChI is InChI=1S/C25H29N3O4/c1-4-31-19-10-8-18(9-11-19)21-16-22-20-6-5-7-23(30-3)24(20)32-25(28(22)26-21)12-14-27(15-13-25)17(2)29/h5-11,22H,4,12-16H2,1-3H3. The Labute approximate surface area is 188 Å². The molecule has 1 spiro atoms. The first-order chi connectivity index (χ1) is 15.5. The number of hydrazone groups is 1. The monoisotopic (exact) mass is 435 g/mol. The normalized spacial score (nSPS) is 20.8. The lowest BCUT2D eigenvalue weighted by Crippen LogP contribution is -2.59. The first-order valence-electron chi connectivity index (χ1n) is 11.3. The van der Waals surface area contributed by atoms with Crippen molar-refractivity contribution in [3.63, 3.8) is 0 Å². The summed E-state index contributed by atoms with van der Waals surface area (Å²) >= 11 is 0. The molecule has 5 rings (SSSR count). The van der Waals surface area contributed by atoms with Crippen molar-refractivity contribution in [2.75, 3.05) is 26.8 Å². The van der Waals surface area contributed by atoms with E-state index in [1.807, 2.05) is 36.1 Å². The van der Waals surface area contributed by atoms with Gasteiger partial charge in [0.25, 0.3) is 0 Å². The van der Waals surface area contributed by atoms with Crippen LogP contribution < -0.4 is 14.2 Å². The number of amides is 1. The average molecular weight is 436 g/mol. The van der Waals surface area contributed by atoms with Crippen LogP contribution in [-0.4, -0.2) is 54.1 Å². The van der Waals surface area contributed by atoms with E-state index in [9.17, 15) is 4.79 Å². The van der Waals surface area contributed by atoms with Gasteiger partial charge in [0.05, 0.1) is 25.5 Å². The van der Waals surface area contributed by atoms with E-state index in [4.69, 9.17) is 19.3 Å². The van der Waals surface area contributed by atoms with Crippen LogP contribution in [0.15, 0.2) is 47.6 Å². The van der Waals surface area contributed by atoms with Crippen molar-refractivity contribution in [2.24, 2.45) is 5.10 Å². The third-order valence-corrected chi connectivity index (χ3v) is 6.70. The lowest BCUT2D eigenvalue weighted by molar-refractivity contribution is -0.159. The zero-order valence-electron chi connectivity index (χ0n) is 18.8. The Morgan fingerprint density at radius 3 is 2.59 bits per heavy atom. The number of likely N-dealkylation sites (tertiary alicyclic amines) is 1. The van der Waals surface area contributed by atoms with Crippen LogP contribution in [0.4, 0.5) is 0 Å². The number of ether oxygens (including phenoxy) is 3. The number of hydrogen-bond acceptors (Lipinski definition) is 6. The van der Waals surface area contributed by atoms with Crippen molar-refractivity contribution in [2.45, 2.75) is 44.9 Å². The molecule has 1 amide bonds. The molecule has 2 aromatic carbocycles. The molecule has 0 bridgehead atoms. The number of rotatable bonds is 4. The van der Waals surface area contributed by atoms with E-state index >= 15 is 0 Å². The van der Waals surface area contributed by atoms with E-state index in [0.29, 0.717) is 32.5 Å². The number of methoxy groups -OCH3 is 1. The van der Waals surface area contributed by atoms with Gasteiger partial charge in [-0.15, -0.1) is 0 Å². The summed E-state index contributed by atoms with van der Waals surface area (Å²) in [6.07, 6.45) is 2.18. The number of carbonyl (C=O) groups is 1. The molecule has 7 nitrogen and oxygen atoms in total. The van der Waals surface area contributed by atoms with Crippen molar-refractivity contribution < 1.29 is 19.0 Å². The quantitative estimate of drug-likeness (QED) is 0.727. The van der Waals surface area contributed by atoms with Crippen LogP contribution in [-0.2, 0) is 4.79 Å². The fourth-order valence-corrected chi connectivity index (χ4v) is 5.02. The number of fused-ring (bicyclic) bond motifs is 4. The fraction of sp³-hybridized carbons (Fsp3) is 0.440.